The lowest BCUT2D eigenvalue weighted by molar-refractivity contribution is 0.205. The van der Waals surface area contributed by atoms with Crippen molar-refractivity contribution in [1.82, 2.24) is 20.5 Å². The number of fused-ring (bicyclic) bond motifs is 1. The number of hydrogen-bond acceptors (Lipinski definition) is 4. The number of carbonyl (C=O) groups excluding carboxylic acids is 1. The summed E-state index contributed by atoms with van der Waals surface area (Å²) in [6.45, 7) is 1.30. The highest BCUT2D eigenvalue weighted by molar-refractivity contribution is 5.75. The average Bonchev–Trinajstić information content (AvgIpc) is 3.03. The number of nitrogens with zero attached hydrogens (tertiary/aromatic N) is 3. The van der Waals surface area contributed by atoms with Gasteiger partial charge in [0.2, 0.25) is 0 Å². The number of carbonyl (C=O) groups is 1. The first-order chi connectivity index (χ1) is 11.2. The largest absolute Gasteiger partial charge is 0.338 e. The predicted molar refractivity (Wildman–Crippen MR) is 87.9 cm³/mol. The van der Waals surface area contributed by atoms with Crippen LogP contribution in [0.15, 0.2) is 22.8 Å². The van der Waals surface area contributed by atoms with Crippen molar-refractivity contribution in [3.63, 3.8) is 0 Å². The third kappa shape index (κ3) is 4.21. The van der Waals surface area contributed by atoms with E-state index in [-0.39, 0.29) is 6.03 Å². The lowest BCUT2D eigenvalue weighted by Gasteiger charge is -2.23. The second-order valence-corrected chi connectivity index (χ2v) is 6.47. The summed E-state index contributed by atoms with van der Waals surface area (Å²) in [7, 11) is 1.81. The number of hydrogen-bond donors (Lipinski definition) is 1. The highest BCUT2D eigenvalue weighted by Gasteiger charge is 2.14. The number of benzene rings is 1. The molecule has 1 heterocycles. The Morgan fingerprint density at radius 3 is 2.87 bits per heavy atom. The van der Waals surface area contributed by atoms with E-state index >= 15 is 0 Å². The van der Waals surface area contributed by atoms with Gasteiger partial charge in [0.1, 0.15) is 11.0 Å². The summed E-state index contributed by atoms with van der Waals surface area (Å²) in [4.78, 5) is 13.9. The molecule has 124 valence electrons. The third-order valence-corrected chi connectivity index (χ3v) is 4.64. The van der Waals surface area contributed by atoms with Gasteiger partial charge in [0.25, 0.3) is 0 Å². The van der Waals surface area contributed by atoms with Gasteiger partial charge in [-0.1, -0.05) is 38.2 Å². The standard InChI is InChI=1S/C17H24N4O2/c1-21(12-14-7-8-15-16(11-14)20-23-19-15)17(22)18-10-9-13-5-3-2-4-6-13/h7-8,11,13H,2-6,9-10,12H2,1H3,(H,18,22). The molecule has 0 radical (unpaired) electrons. The predicted octanol–water partition coefficient (Wildman–Crippen LogP) is 3.33. The highest BCUT2D eigenvalue weighted by atomic mass is 16.6. The van der Waals surface area contributed by atoms with E-state index in [1.807, 2.05) is 18.2 Å². The molecule has 0 spiro atoms. The number of nitrogens with one attached hydrogen (secondary N) is 1. The molecule has 0 bridgehead atoms. The summed E-state index contributed by atoms with van der Waals surface area (Å²) in [5, 5.41) is 10.6. The Morgan fingerprint density at radius 1 is 1.26 bits per heavy atom. The van der Waals surface area contributed by atoms with E-state index in [9.17, 15) is 4.79 Å². The Balaban J connectivity index is 1.45. The van der Waals surface area contributed by atoms with Gasteiger partial charge < -0.3 is 10.2 Å². The molecule has 1 aromatic heterocycles. The minimum atomic E-state index is -0.0285. The van der Waals surface area contributed by atoms with Crippen LogP contribution in [0.5, 0.6) is 0 Å². The second kappa shape index (κ2) is 7.44. The quantitative estimate of drug-likeness (QED) is 0.918. The van der Waals surface area contributed by atoms with Crippen molar-refractivity contribution < 1.29 is 9.42 Å². The van der Waals surface area contributed by atoms with Crippen LogP contribution in [0, 0.1) is 5.92 Å². The smallest absolute Gasteiger partial charge is 0.317 e. The van der Waals surface area contributed by atoms with Gasteiger partial charge in [0, 0.05) is 20.1 Å². The van der Waals surface area contributed by atoms with Crippen LogP contribution >= 0.6 is 0 Å². The molecule has 0 saturated heterocycles. The monoisotopic (exact) mass is 316 g/mol. The van der Waals surface area contributed by atoms with Gasteiger partial charge in [0.05, 0.1) is 0 Å². The molecule has 0 aliphatic heterocycles. The van der Waals surface area contributed by atoms with E-state index in [0.717, 1.165) is 30.0 Å². The number of aromatic nitrogens is 2. The van der Waals surface area contributed by atoms with Gasteiger partial charge in [-0.2, -0.15) is 0 Å². The lowest BCUT2D eigenvalue weighted by atomic mass is 9.87. The molecule has 1 aromatic carbocycles. The Labute approximate surface area is 136 Å². The zero-order valence-corrected chi connectivity index (χ0v) is 13.6. The van der Waals surface area contributed by atoms with E-state index in [0.29, 0.717) is 12.1 Å². The molecule has 0 atom stereocenters. The van der Waals surface area contributed by atoms with Crippen LogP contribution in [0.4, 0.5) is 4.79 Å². The fourth-order valence-electron chi connectivity index (χ4n) is 3.27. The van der Waals surface area contributed by atoms with Gasteiger partial charge in [0.15, 0.2) is 0 Å². The normalized spacial score (nSPS) is 15.7. The van der Waals surface area contributed by atoms with Gasteiger partial charge in [-0.3, -0.25) is 0 Å². The second-order valence-electron chi connectivity index (χ2n) is 6.47. The Hall–Kier alpha value is -2.11. The molecule has 2 aromatic rings. The van der Waals surface area contributed by atoms with E-state index in [4.69, 9.17) is 4.63 Å². The molecular formula is C17H24N4O2. The summed E-state index contributed by atoms with van der Waals surface area (Å²) >= 11 is 0. The average molecular weight is 316 g/mol. The Bertz CT molecular complexity index is 649. The van der Waals surface area contributed by atoms with Gasteiger partial charge >= 0.3 is 6.03 Å². The maximum Gasteiger partial charge on any atom is 0.317 e. The highest BCUT2D eigenvalue weighted by Crippen LogP contribution is 2.25. The molecular weight excluding hydrogens is 292 g/mol. The van der Waals surface area contributed by atoms with Gasteiger partial charge in [-0.25, -0.2) is 9.42 Å². The minimum absolute atomic E-state index is 0.0285. The molecule has 2 amide bonds. The summed E-state index contributed by atoms with van der Waals surface area (Å²) in [6.07, 6.45) is 7.79. The molecule has 1 aliphatic rings. The van der Waals surface area contributed by atoms with Crippen molar-refractivity contribution in [3.05, 3.63) is 23.8 Å². The lowest BCUT2D eigenvalue weighted by Crippen LogP contribution is -2.37. The van der Waals surface area contributed by atoms with E-state index < -0.39 is 0 Å². The topological polar surface area (TPSA) is 71.3 Å². The molecule has 23 heavy (non-hydrogen) atoms. The first-order valence-electron chi connectivity index (χ1n) is 8.42. The van der Waals surface area contributed by atoms with Crippen LogP contribution in [0.2, 0.25) is 0 Å². The molecule has 1 aliphatic carbocycles. The Morgan fingerprint density at radius 2 is 2.04 bits per heavy atom. The van der Waals surface area contributed by atoms with Crippen molar-refractivity contribution >= 4 is 17.1 Å². The molecule has 1 N–H and O–H groups in total. The van der Waals surface area contributed by atoms with E-state index in [2.05, 4.69) is 15.6 Å². The fourth-order valence-corrected chi connectivity index (χ4v) is 3.27. The first-order valence-corrected chi connectivity index (χ1v) is 8.42. The molecule has 0 unspecified atom stereocenters. The van der Waals surface area contributed by atoms with Crippen molar-refractivity contribution in [2.24, 2.45) is 5.92 Å². The zero-order chi connectivity index (χ0) is 16.1. The van der Waals surface area contributed by atoms with Crippen molar-refractivity contribution in [2.75, 3.05) is 13.6 Å². The molecule has 6 nitrogen and oxygen atoms in total. The number of amides is 2. The minimum Gasteiger partial charge on any atom is -0.338 e. The van der Waals surface area contributed by atoms with Crippen LogP contribution in [0.1, 0.15) is 44.1 Å². The Kier molecular flexibility index (Phi) is 5.10. The summed E-state index contributed by atoms with van der Waals surface area (Å²) in [5.41, 5.74) is 2.46. The van der Waals surface area contributed by atoms with Gasteiger partial charge in [-0.05, 0) is 40.3 Å². The van der Waals surface area contributed by atoms with Crippen LogP contribution in [0.25, 0.3) is 11.0 Å². The maximum atomic E-state index is 12.2. The van der Waals surface area contributed by atoms with Crippen LogP contribution in [-0.2, 0) is 6.54 Å². The van der Waals surface area contributed by atoms with Crippen LogP contribution in [-0.4, -0.2) is 34.8 Å². The zero-order valence-electron chi connectivity index (χ0n) is 13.6. The molecule has 1 fully saturated rings. The van der Waals surface area contributed by atoms with Crippen molar-refractivity contribution in [2.45, 2.75) is 45.1 Å². The van der Waals surface area contributed by atoms with Gasteiger partial charge in [-0.15, -0.1) is 0 Å². The van der Waals surface area contributed by atoms with E-state index in [1.165, 1.54) is 32.1 Å². The third-order valence-electron chi connectivity index (χ3n) is 4.64. The summed E-state index contributed by atoms with van der Waals surface area (Å²) in [6, 6.07) is 5.67. The molecule has 3 rings (SSSR count). The first kappa shape index (κ1) is 15.8. The van der Waals surface area contributed by atoms with Crippen molar-refractivity contribution in [3.8, 4) is 0 Å². The van der Waals surface area contributed by atoms with Crippen LogP contribution < -0.4 is 5.32 Å². The summed E-state index contributed by atoms with van der Waals surface area (Å²) < 4.78 is 4.69. The fraction of sp³-hybridized carbons (Fsp3) is 0.588. The molecule has 1 saturated carbocycles. The summed E-state index contributed by atoms with van der Waals surface area (Å²) in [5.74, 6) is 0.788. The van der Waals surface area contributed by atoms with Crippen LogP contribution in [0.3, 0.4) is 0 Å². The maximum absolute atomic E-state index is 12.2. The SMILES string of the molecule is CN(Cc1ccc2nonc2c1)C(=O)NCCC1CCCCC1. The molecule has 6 heteroatoms. The van der Waals surface area contributed by atoms with Crippen molar-refractivity contribution in [1.29, 1.82) is 0 Å². The number of urea groups is 1. The number of rotatable bonds is 5. The van der Waals surface area contributed by atoms with E-state index in [1.54, 1.807) is 11.9 Å².